The Bertz CT molecular complexity index is 845. The molecule has 1 aliphatic heterocycles. The number of hydrogen-bond donors (Lipinski definition) is 2. The van der Waals surface area contributed by atoms with Gasteiger partial charge in [-0.05, 0) is 44.9 Å². The van der Waals surface area contributed by atoms with E-state index in [0.29, 0.717) is 11.4 Å². The standard InChI is InChI=1S/C21H26N4O3/c1-14-6-8-18(28-3)17(12-14)15(2)23-20(26)21(27)24-16-7-9-19(22-13-16)25-10-4-5-11-25/h6-9,12-13,15H,4-5,10-11H2,1-3H3,(H,23,26)(H,24,27)/t15-/m1/s1. The lowest BCUT2D eigenvalue weighted by molar-refractivity contribution is -0.136. The van der Waals surface area contributed by atoms with Crippen molar-refractivity contribution in [3.63, 3.8) is 0 Å². The topological polar surface area (TPSA) is 83.6 Å². The monoisotopic (exact) mass is 382 g/mol. The van der Waals surface area contributed by atoms with Crippen LogP contribution in [0.4, 0.5) is 11.5 Å². The van der Waals surface area contributed by atoms with E-state index in [1.807, 2.05) is 38.1 Å². The van der Waals surface area contributed by atoms with Gasteiger partial charge in [0.05, 0.1) is 25.0 Å². The van der Waals surface area contributed by atoms with E-state index in [2.05, 4.69) is 20.5 Å². The molecule has 0 radical (unpaired) electrons. The van der Waals surface area contributed by atoms with Crippen LogP contribution in [-0.2, 0) is 9.59 Å². The Morgan fingerprint density at radius 2 is 1.89 bits per heavy atom. The second kappa shape index (κ2) is 8.73. The van der Waals surface area contributed by atoms with Gasteiger partial charge in [0.25, 0.3) is 0 Å². The van der Waals surface area contributed by atoms with E-state index in [-0.39, 0.29) is 6.04 Å². The van der Waals surface area contributed by atoms with Crippen molar-refractivity contribution in [2.45, 2.75) is 32.7 Å². The van der Waals surface area contributed by atoms with Gasteiger partial charge in [0.1, 0.15) is 11.6 Å². The first-order valence-corrected chi connectivity index (χ1v) is 9.45. The number of carbonyl (C=O) groups is 2. The number of ether oxygens (including phenoxy) is 1. The molecule has 2 heterocycles. The number of anilines is 2. The zero-order chi connectivity index (χ0) is 20.1. The van der Waals surface area contributed by atoms with Gasteiger partial charge in [0, 0.05) is 18.7 Å². The highest BCUT2D eigenvalue weighted by molar-refractivity contribution is 6.39. The van der Waals surface area contributed by atoms with Crippen LogP contribution in [0.2, 0.25) is 0 Å². The Labute approximate surface area is 165 Å². The van der Waals surface area contributed by atoms with Crippen LogP contribution in [0, 0.1) is 6.92 Å². The Morgan fingerprint density at radius 1 is 1.14 bits per heavy atom. The van der Waals surface area contributed by atoms with Gasteiger partial charge in [-0.1, -0.05) is 17.7 Å². The SMILES string of the molecule is COc1ccc(C)cc1[C@@H](C)NC(=O)C(=O)Nc1ccc(N2CCCC2)nc1. The molecule has 2 N–H and O–H groups in total. The number of pyridine rings is 1. The molecule has 28 heavy (non-hydrogen) atoms. The number of nitrogens with one attached hydrogen (secondary N) is 2. The summed E-state index contributed by atoms with van der Waals surface area (Å²) in [6, 6.07) is 8.97. The van der Waals surface area contributed by atoms with E-state index in [1.165, 1.54) is 12.8 Å². The second-order valence-electron chi connectivity index (χ2n) is 6.99. The molecule has 0 saturated carbocycles. The summed E-state index contributed by atoms with van der Waals surface area (Å²) in [5.41, 5.74) is 2.36. The van der Waals surface area contributed by atoms with Gasteiger partial charge >= 0.3 is 11.8 Å². The van der Waals surface area contributed by atoms with Gasteiger partial charge in [-0.25, -0.2) is 4.98 Å². The van der Waals surface area contributed by atoms with Crippen molar-refractivity contribution in [2.24, 2.45) is 0 Å². The predicted molar refractivity (Wildman–Crippen MR) is 109 cm³/mol. The maximum absolute atomic E-state index is 12.3. The number of aryl methyl sites for hydroxylation is 1. The van der Waals surface area contributed by atoms with Crippen molar-refractivity contribution in [1.29, 1.82) is 0 Å². The Morgan fingerprint density at radius 3 is 2.54 bits per heavy atom. The lowest BCUT2D eigenvalue weighted by atomic mass is 10.0. The van der Waals surface area contributed by atoms with Crippen LogP contribution in [0.25, 0.3) is 0 Å². The minimum Gasteiger partial charge on any atom is -0.496 e. The molecular formula is C21H26N4O3. The molecule has 1 aromatic carbocycles. The zero-order valence-corrected chi connectivity index (χ0v) is 16.5. The van der Waals surface area contributed by atoms with Crippen molar-refractivity contribution < 1.29 is 14.3 Å². The smallest absolute Gasteiger partial charge is 0.313 e. The average Bonchev–Trinajstić information content (AvgIpc) is 3.23. The fraction of sp³-hybridized carbons (Fsp3) is 0.381. The van der Waals surface area contributed by atoms with E-state index in [4.69, 9.17) is 4.74 Å². The maximum atomic E-state index is 12.3. The third kappa shape index (κ3) is 4.60. The number of carbonyl (C=O) groups excluding carboxylic acids is 2. The average molecular weight is 382 g/mol. The molecule has 2 amide bonds. The van der Waals surface area contributed by atoms with Gasteiger partial charge in [-0.2, -0.15) is 0 Å². The van der Waals surface area contributed by atoms with Crippen molar-refractivity contribution in [3.05, 3.63) is 47.7 Å². The summed E-state index contributed by atoms with van der Waals surface area (Å²) < 4.78 is 5.35. The number of aromatic nitrogens is 1. The number of hydrogen-bond acceptors (Lipinski definition) is 5. The molecule has 1 fully saturated rings. The number of benzene rings is 1. The zero-order valence-electron chi connectivity index (χ0n) is 16.5. The molecule has 0 spiro atoms. The summed E-state index contributed by atoms with van der Waals surface area (Å²) in [4.78, 5) is 31.1. The number of methoxy groups -OCH3 is 1. The van der Waals surface area contributed by atoms with Crippen LogP contribution in [0.5, 0.6) is 5.75 Å². The molecule has 0 aliphatic carbocycles. The summed E-state index contributed by atoms with van der Waals surface area (Å²) in [6.07, 6.45) is 3.92. The van der Waals surface area contributed by atoms with E-state index in [0.717, 1.165) is 30.0 Å². The Hall–Kier alpha value is -3.09. The van der Waals surface area contributed by atoms with E-state index in [9.17, 15) is 9.59 Å². The molecule has 1 saturated heterocycles. The van der Waals surface area contributed by atoms with Gasteiger partial charge < -0.3 is 20.3 Å². The molecule has 1 aliphatic rings. The van der Waals surface area contributed by atoms with Crippen LogP contribution in [-0.4, -0.2) is 37.0 Å². The number of amides is 2. The Balaban J connectivity index is 1.60. The van der Waals surface area contributed by atoms with Crippen LogP contribution in [0.3, 0.4) is 0 Å². The minimum atomic E-state index is -0.728. The fourth-order valence-electron chi connectivity index (χ4n) is 3.31. The molecule has 1 aromatic heterocycles. The molecule has 0 unspecified atom stereocenters. The molecular weight excluding hydrogens is 356 g/mol. The largest absolute Gasteiger partial charge is 0.496 e. The summed E-state index contributed by atoms with van der Waals surface area (Å²) in [7, 11) is 1.58. The quantitative estimate of drug-likeness (QED) is 0.777. The molecule has 1 atom stereocenters. The number of nitrogens with zero attached hydrogens (tertiary/aromatic N) is 2. The first-order valence-electron chi connectivity index (χ1n) is 9.45. The minimum absolute atomic E-state index is 0.372. The maximum Gasteiger partial charge on any atom is 0.313 e. The van der Waals surface area contributed by atoms with Gasteiger partial charge in [-0.3, -0.25) is 9.59 Å². The lowest BCUT2D eigenvalue weighted by Gasteiger charge is -2.18. The molecule has 3 rings (SSSR count). The Kier molecular flexibility index (Phi) is 6.13. The van der Waals surface area contributed by atoms with Gasteiger partial charge in [-0.15, -0.1) is 0 Å². The predicted octanol–water partition coefficient (Wildman–Crippen LogP) is 2.81. The third-order valence-corrected chi connectivity index (χ3v) is 4.84. The van der Waals surface area contributed by atoms with Crippen LogP contribution < -0.4 is 20.3 Å². The highest BCUT2D eigenvalue weighted by Crippen LogP contribution is 2.26. The van der Waals surface area contributed by atoms with Crippen molar-refractivity contribution in [3.8, 4) is 5.75 Å². The summed E-state index contributed by atoms with van der Waals surface area (Å²) in [6.45, 7) is 5.78. The highest BCUT2D eigenvalue weighted by Gasteiger charge is 2.20. The molecule has 2 aromatic rings. The number of rotatable bonds is 5. The van der Waals surface area contributed by atoms with Crippen molar-refractivity contribution in [1.82, 2.24) is 10.3 Å². The molecule has 7 nitrogen and oxygen atoms in total. The molecule has 148 valence electrons. The summed E-state index contributed by atoms with van der Waals surface area (Å²) in [5, 5.41) is 5.31. The van der Waals surface area contributed by atoms with Crippen LogP contribution in [0.1, 0.15) is 36.9 Å². The molecule has 7 heteroatoms. The summed E-state index contributed by atoms with van der Waals surface area (Å²) in [5.74, 6) is 0.120. The first kappa shape index (κ1) is 19.7. The normalized spacial score (nSPS) is 14.5. The fourth-order valence-corrected chi connectivity index (χ4v) is 3.31. The van der Waals surface area contributed by atoms with Crippen LogP contribution >= 0.6 is 0 Å². The third-order valence-electron chi connectivity index (χ3n) is 4.84. The lowest BCUT2D eigenvalue weighted by Crippen LogP contribution is -2.37. The van der Waals surface area contributed by atoms with Crippen molar-refractivity contribution in [2.75, 3.05) is 30.4 Å². The van der Waals surface area contributed by atoms with Crippen molar-refractivity contribution >= 4 is 23.3 Å². The second-order valence-corrected chi connectivity index (χ2v) is 6.99. The highest BCUT2D eigenvalue weighted by atomic mass is 16.5. The molecule has 0 bridgehead atoms. The van der Waals surface area contributed by atoms with Gasteiger partial charge in [0.15, 0.2) is 0 Å². The van der Waals surface area contributed by atoms with E-state index >= 15 is 0 Å². The summed E-state index contributed by atoms with van der Waals surface area (Å²) >= 11 is 0. The van der Waals surface area contributed by atoms with Gasteiger partial charge in [0.2, 0.25) is 0 Å². The first-order chi connectivity index (χ1) is 13.5. The van der Waals surface area contributed by atoms with E-state index < -0.39 is 11.8 Å². The van der Waals surface area contributed by atoms with Crippen LogP contribution in [0.15, 0.2) is 36.5 Å². The van der Waals surface area contributed by atoms with E-state index in [1.54, 1.807) is 19.4 Å².